The third-order valence-corrected chi connectivity index (χ3v) is 4.15. The van der Waals surface area contributed by atoms with Crippen LogP contribution >= 0.6 is 34.3 Å². The van der Waals surface area contributed by atoms with E-state index in [0.717, 1.165) is 9.88 Å². The molecule has 0 amide bonds. The molecule has 0 saturated heterocycles. The predicted octanol–water partition coefficient (Wildman–Crippen LogP) is 2.61. The first kappa shape index (κ1) is 11.5. The third-order valence-electron chi connectivity index (χ3n) is 1.89. The van der Waals surface area contributed by atoms with Gasteiger partial charge in [-0.05, 0) is 12.1 Å². The van der Waals surface area contributed by atoms with Crippen molar-refractivity contribution < 1.29 is 9.90 Å². The summed E-state index contributed by atoms with van der Waals surface area (Å²) in [5.74, 6) is -1.08. The number of aliphatic carboxylic acids is 1. The summed E-state index contributed by atoms with van der Waals surface area (Å²) in [6, 6.07) is 2.56. The van der Waals surface area contributed by atoms with Crippen LogP contribution in [0, 0.1) is 0 Å². The summed E-state index contributed by atoms with van der Waals surface area (Å²) in [7, 11) is 0. The molecule has 0 bridgehead atoms. The van der Waals surface area contributed by atoms with Crippen LogP contribution in [0.1, 0.15) is 11.7 Å². The minimum Gasteiger partial charge on any atom is -0.480 e. The number of nitrogens with zero attached hydrogens (tertiary/aromatic N) is 1. The minimum atomic E-state index is -1.08. The summed E-state index contributed by atoms with van der Waals surface area (Å²) in [5.41, 5.74) is 5.83. The zero-order valence-corrected chi connectivity index (χ0v) is 10.3. The van der Waals surface area contributed by atoms with E-state index in [1.807, 2.05) is 6.07 Å². The number of hydrogen-bond acceptors (Lipinski definition) is 5. The van der Waals surface area contributed by atoms with E-state index < -0.39 is 12.0 Å². The van der Waals surface area contributed by atoms with Crippen LogP contribution in [0.15, 0.2) is 17.5 Å². The maximum Gasteiger partial charge on any atom is 0.326 e. The molecule has 4 nitrogen and oxygen atoms in total. The Hall–Kier alpha value is -0.950. The highest BCUT2D eigenvalue weighted by Crippen LogP contribution is 2.33. The van der Waals surface area contributed by atoms with Gasteiger partial charge in [-0.3, -0.25) is 4.79 Å². The quantitative estimate of drug-likeness (QED) is 0.902. The summed E-state index contributed by atoms with van der Waals surface area (Å²) in [6.07, 6.45) is 0. The third kappa shape index (κ3) is 2.25. The van der Waals surface area contributed by atoms with Crippen molar-refractivity contribution in [2.75, 3.05) is 0 Å². The van der Waals surface area contributed by atoms with Gasteiger partial charge in [-0.1, -0.05) is 11.6 Å². The van der Waals surface area contributed by atoms with Crippen molar-refractivity contribution in [3.8, 4) is 9.88 Å². The monoisotopic (exact) mass is 274 g/mol. The van der Waals surface area contributed by atoms with E-state index in [1.165, 1.54) is 22.7 Å². The Balaban J connectivity index is 2.29. The molecular formula is C9H7ClN2O2S2. The number of carbonyl (C=O) groups is 1. The fourth-order valence-corrected chi connectivity index (χ4v) is 3.07. The Bertz CT molecular complexity index is 523. The Morgan fingerprint density at radius 1 is 1.56 bits per heavy atom. The highest BCUT2D eigenvalue weighted by atomic mass is 35.5. The van der Waals surface area contributed by atoms with Crippen molar-refractivity contribution in [3.63, 3.8) is 0 Å². The molecule has 2 heterocycles. The standard InChI is InChI=1S/C9H7ClN2O2S2/c10-6-2-1-5(16-6)8-12-4(3-15-8)7(11)9(13)14/h1-3,7H,11H2,(H,13,14). The van der Waals surface area contributed by atoms with Gasteiger partial charge in [0.15, 0.2) is 0 Å². The molecule has 0 aliphatic rings. The number of thiophene rings is 1. The van der Waals surface area contributed by atoms with Crippen LogP contribution in [0.2, 0.25) is 4.34 Å². The molecule has 0 radical (unpaired) electrons. The van der Waals surface area contributed by atoms with E-state index in [9.17, 15) is 4.79 Å². The lowest BCUT2D eigenvalue weighted by Gasteiger charge is -2.00. The van der Waals surface area contributed by atoms with E-state index >= 15 is 0 Å². The average Bonchev–Trinajstić information content (AvgIpc) is 2.84. The molecule has 3 N–H and O–H groups in total. The molecule has 0 aliphatic heterocycles. The van der Waals surface area contributed by atoms with E-state index in [2.05, 4.69) is 4.98 Å². The number of aromatic nitrogens is 1. The van der Waals surface area contributed by atoms with Crippen molar-refractivity contribution in [2.45, 2.75) is 6.04 Å². The second-order valence-electron chi connectivity index (χ2n) is 3.00. The number of halogens is 1. The zero-order chi connectivity index (χ0) is 11.7. The van der Waals surface area contributed by atoms with Crippen molar-refractivity contribution in [2.24, 2.45) is 5.73 Å². The van der Waals surface area contributed by atoms with Crippen LogP contribution in [-0.4, -0.2) is 16.1 Å². The molecule has 1 unspecified atom stereocenters. The first-order chi connectivity index (χ1) is 7.58. The van der Waals surface area contributed by atoms with Crippen LogP contribution in [0.4, 0.5) is 0 Å². The Morgan fingerprint density at radius 3 is 2.88 bits per heavy atom. The molecular weight excluding hydrogens is 268 g/mol. The number of nitrogens with two attached hydrogens (primary N) is 1. The van der Waals surface area contributed by atoms with Gasteiger partial charge in [0.2, 0.25) is 0 Å². The van der Waals surface area contributed by atoms with E-state index in [1.54, 1.807) is 11.4 Å². The Labute approximate surface area is 104 Å². The summed E-state index contributed by atoms with van der Waals surface area (Å²) < 4.78 is 0.675. The van der Waals surface area contributed by atoms with E-state index in [0.29, 0.717) is 10.0 Å². The van der Waals surface area contributed by atoms with Crippen molar-refractivity contribution in [3.05, 3.63) is 27.5 Å². The SMILES string of the molecule is NC(C(=O)O)c1csc(-c2ccc(Cl)s2)n1. The van der Waals surface area contributed by atoms with Crippen LogP contribution in [-0.2, 0) is 4.79 Å². The molecule has 0 aromatic carbocycles. The predicted molar refractivity (Wildman–Crippen MR) is 65.0 cm³/mol. The van der Waals surface area contributed by atoms with Gasteiger partial charge in [0.1, 0.15) is 11.0 Å². The van der Waals surface area contributed by atoms with Gasteiger partial charge in [0.05, 0.1) is 14.9 Å². The molecule has 84 valence electrons. The van der Waals surface area contributed by atoms with Crippen LogP contribution in [0.25, 0.3) is 9.88 Å². The molecule has 16 heavy (non-hydrogen) atoms. The first-order valence-electron chi connectivity index (χ1n) is 4.27. The average molecular weight is 275 g/mol. The fraction of sp³-hybridized carbons (Fsp3) is 0.111. The first-order valence-corrected chi connectivity index (χ1v) is 6.35. The fourth-order valence-electron chi connectivity index (χ4n) is 1.10. The lowest BCUT2D eigenvalue weighted by atomic mass is 10.2. The Morgan fingerprint density at radius 2 is 2.31 bits per heavy atom. The molecule has 0 saturated carbocycles. The number of hydrogen-bond donors (Lipinski definition) is 2. The number of carboxylic acid groups (broad SMARTS) is 1. The minimum absolute atomic E-state index is 0.372. The van der Waals surface area contributed by atoms with Gasteiger partial charge in [0, 0.05) is 5.38 Å². The highest BCUT2D eigenvalue weighted by Gasteiger charge is 2.18. The lowest BCUT2D eigenvalue weighted by molar-refractivity contribution is -0.138. The van der Waals surface area contributed by atoms with Gasteiger partial charge in [-0.2, -0.15) is 0 Å². The normalized spacial score (nSPS) is 12.6. The van der Waals surface area contributed by atoms with Crippen molar-refractivity contribution in [1.29, 1.82) is 0 Å². The maximum atomic E-state index is 10.7. The molecule has 2 aromatic heterocycles. The van der Waals surface area contributed by atoms with Gasteiger partial charge in [-0.25, -0.2) is 4.98 Å². The van der Waals surface area contributed by atoms with Gasteiger partial charge in [-0.15, -0.1) is 22.7 Å². The summed E-state index contributed by atoms with van der Waals surface area (Å²) >= 11 is 8.57. The summed E-state index contributed by atoms with van der Waals surface area (Å²) in [6.45, 7) is 0. The summed E-state index contributed by atoms with van der Waals surface area (Å²) in [4.78, 5) is 15.8. The van der Waals surface area contributed by atoms with Gasteiger partial charge in [0.25, 0.3) is 0 Å². The van der Waals surface area contributed by atoms with Gasteiger partial charge >= 0.3 is 5.97 Å². The number of thiazole rings is 1. The molecule has 0 aliphatic carbocycles. The molecule has 1 atom stereocenters. The lowest BCUT2D eigenvalue weighted by Crippen LogP contribution is -2.20. The molecule has 2 rings (SSSR count). The van der Waals surface area contributed by atoms with E-state index in [-0.39, 0.29) is 0 Å². The smallest absolute Gasteiger partial charge is 0.326 e. The van der Waals surface area contributed by atoms with Crippen LogP contribution in [0.3, 0.4) is 0 Å². The largest absolute Gasteiger partial charge is 0.480 e. The van der Waals surface area contributed by atoms with Gasteiger partial charge < -0.3 is 10.8 Å². The number of rotatable bonds is 3. The summed E-state index contributed by atoms with van der Waals surface area (Å²) in [5, 5.41) is 11.1. The molecule has 0 fully saturated rings. The van der Waals surface area contributed by atoms with Crippen LogP contribution < -0.4 is 5.73 Å². The topological polar surface area (TPSA) is 76.2 Å². The molecule has 7 heteroatoms. The van der Waals surface area contributed by atoms with E-state index in [4.69, 9.17) is 22.4 Å². The highest BCUT2D eigenvalue weighted by molar-refractivity contribution is 7.23. The second kappa shape index (κ2) is 4.50. The van der Waals surface area contributed by atoms with Crippen molar-refractivity contribution in [1.82, 2.24) is 4.98 Å². The maximum absolute atomic E-state index is 10.7. The second-order valence-corrected chi connectivity index (χ2v) is 5.57. The zero-order valence-electron chi connectivity index (χ0n) is 7.88. The molecule has 0 spiro atoms. The van der Waals surface area contributed by atoms with Crippen LogP contribution in [0.5, 0.6) is 0 Å². The number of carboxylic acids is 1. The Kier molecular flexibility index (Phi) is 3.25. The molecule has 2 aromatic rings. The van der Waals surface area contributed by atoms with Crippen molar-refractivity contribution >= 4 is 40.2 Å².